The number of anilines is 2. The zero-order valence-electron chi connectivity index (χ0n) is 18.1. The summed E-state index contributed by atoms with van der Waals surface area (Å²) in [5.74, 6) is -0.469. The van der Waals surface area contributed by atoms with Crippen LogP contribution in [0.2, 0.25) is 0 Å². The molecule has 3 aromatic carbocycles. The average molecular weight is 468 g/mol. The molecule has 0 fully saturated rings. The van der Waals surface area contributed by atoms with Crippen LogP contribution in [0.4, 0.5) is 11.4 Å². The lowest BCUT2D eigenvalue weighted by Crippen LogP contribution is -2.14. The number of hydrogen-bond acceptors (Lipinski definition) is 6. The third-order valence-corrected chi connectivity index (χ3v) is 6.45. The lowest BCUT2D eigenvalue weighted by Gasteiger charge is -2.11. The highest BCUT2D eigenvalue weighted by atomic mass is 32.2. The normalized spacial score (nSPS) is 11.4. The van der Waals surface area contributed by atoms with E-state index in [2.05, 4.69) is 10.0 Å². The first-order valence-electron chi connectivity index (χ1n) is 9.86. The standard InChI is InChI=1S/C23H21N3O6S/c1-14-4-11-20(31-3)18(12-14)22(27)24-15-5-7-16(8-6-15)25-33(29,30)17-9-10-19-21(13-17)32-23(28)26(19)2/h4-13,25H,1-3H3,(H,24,27). The first-order chi connectivity index (χ1) is 15.7. The summed E-state index contributed by atoms with van der Waals surface area (Å²) in [7, 11) is -0.897. The van der Waals surface area contributed by atoms with Crippen LogP contribution in [0, 0.1) is 6.92 Å². The van der Waals surface area contributed by atoms with Gasteiger partial charge in [0.1, 0.15) is 5.75 Å². The molecule has 0 saturated heterocycles. The lowest BCUT2D eigenvalue weighted by atomic mass is 10.1. The van der Waals surface area contributed by atoms with Crippen molar-refractivity contribution in [2.75, 3.05) is 17.1 Å². The fourth-order valence-corrected chi connectivity index (χ4v) is 4.39. The molecule has 4 aromatic rings. The number of hydrogen-bond donors (Lipinski definition) is 2. The molecule has 0 spiro atoms. The molecule has 0 aliphatic rings. The van der Waals surface area contributed by atoms with Gasteiger partial charge >= 0.3 is 5.76 Å². The van der Waals surface area contributed by atoms with Crippen molar-refractivity contribution < 1.29 is 22.4 Å². The van der Waals surface area contributed by atoms with Gasteiger partial charge in [-0.25, -0.2) is 13.2 Å². The highest BCUT2D eigenvalue weighted by Crippen LogP contribution is 2.24. The van der Waals surface area contributed by atoms with Crippen LogP contribution < -0.4 is 20.5 Å². The summed E-state index contributed by atoms with van der Waals surface area (Å²) in [5, 5.41) is 2.77. The van der Waals surface area contributed by atoms with Gasteiger partial charge in [0.2, 0.25) is 0 Å². The number of amides is 1. The van der Waals surface area contributed by atoms with E-state index in [0.717, 1.165) is 5.56 Å². The maximum absolute atomic E-state index is 12.8. The van der Waals surface area contributed by atoms with Crippen LogP contribution in [0.5, 0.6) is 5.75 Å². The molecule has 0 aliphatic carbocycles. The van der Waals surface area contributed by atoms with Crippen molar-refractivity contribution in [1.29, 1.82) is 0 Å². The third kappa shape index (κ3) is 4.46. The van der Waals surface area contributed by atoms with E-state index in [1.165, 1.54) is 49.1 Å². The van der Waals surface area contributed by atoms with Crippen LogP contribution >= 0.6 is 0 Å². The number of rotatable bonds is 6. The molecular formula is C23H21N3O6S. The van der Waals surface area contributed by atoms with Gasteiger partial charge in [-0.15, -0.1) is 0 Å². The van der Waals surface area contributed by atoms with Crippen molar-refractivity contribution in [3.63, 3.8) is 0 Å². The Kier molecular flexibility index (Phi) is 5.69. The first kappa shape index (κ1) is 22.2. The fourth-order valence-electron chi connectivity index (χ4n) is 3.31. The second-order valence-electron chi connectivity index (χ2n) is 7.40. The Bertz CT molecular complexity index is 1520. The third-order valence-electron chi connectivity index (χ3n) is 5.07. The topological polar surface area (TPSA) is 120 Å². The van der Waals surface area contributed by atoms with Crippen LogP contribution in [0.15, 0.2) is 74.8 Å². The highest BCUT2D eigenvalue weighted by molar-refractivity contribution is 7.92. The number of benzene rings is 3. The number of nitrogens with zero attached hydrogens (tertiary/aromatic N) is 1. The molecule has 0 radical (unpaired) electrons. The summed E-state index contributed by atoms with van der Waals surface area (Å²) in [4.78, 5) is 24.2. The molecule has 1 amide bonds. The summed E-state index contributed by atoms with van der Waals surface area (Å²) in [6.07, 6.45) is 0. The molecule has 0 atom stereocenters. The van der Waals surface area contributed by atoms with E-state index in [-0.39, 0.29) is 16.4 Å². The molecule has 9 nitrogen and oxygen atoms in total. The van der Waals surface area contributed by atoms with Crippen LogP contribution in [0.3, 0.4) is 0 Å². The molecule has 1 heterocycles. The smallest absolute Gasteiger partial charge is 0.419 e. The van der Waals surface area contributed by atoms with Crippen LogP contribution in [-0.4, -0.2) is 26.0 Å². The molecule has 2 N–H and O–H groups in total. The zero-order chi connectivity index (χ0) is 23.8. The van der Waals surface area contributed by atoms with E-state index in [9.17, 15) is 18.0 Å². The van der Waals surface area contributed by atoms with E-state index in [1.807, 2.05) is 13.0 Å². The van der Waals surface area contributed by atoms with Crippen LogP contribution in [-0.2, 0) is 17.1 Å². The molecule has 1 aromatic heterocycles. The lowest BCUT2D eigenvalue weighted by molar-refractivity contribution is 0.102. The van der Waals surface area contributed by atoms with Gasteiger partial charge in [-0.2, -0.15) is 0 Å². The molecule has 0 bridgehead atoms. The summed E-state index contributed by atoms with van der Waals surface area (Å²) in [6.45, 7) is 1.88. The molecular weight excluding hydrogens is 446 g/mol. The summed E-state index contributed by atoms with van der Waals surface area (Å²) >= 11 is 0. The number of oxazole rings is 1. The molecule has 0 saturated carbocycles. The van der Waals surface area contributed by atoms with Crippen molar-refractivity contribution >= 4 is 38.4 Å². The van der Waals surface area contributed by atoms with Gasteiger partial charge in [-0.3, -0.25) is 14.1 Å². The minimum Gasteiger partial charge on any atom is -0.496 e. The predicted molar refractivity (Wildman–Crippen MR) is 124 cm³/mol. The number of sulfonamides is 1. The number of nitrogens with one attached hydrogen (secondary N) is 2. The van der Waals surface area contributed by atoms with Crippen molar-refractivity contribution in [2.24, 2.45) is 7.05 Å². The summed E-state index contributed by atoms with van der Waals surface area (Å²) in [6, 6.07) is 15.7. The first-order valence-corrected chi connectivity index (χ1v) is 11.3. The largest absolute Gasteiger partial charge is 0.496 e. The minimum atomic E-state index is -3.93. The van der Waals surface area contributed by atoms with E-state index in [4.69, 9.17) is 9.15 Å². The second kappa shape index (κ2) is 8.47. The molecule has 170 valence electrons. The van der Waals surface area contributed by atoms with Gasteiger partial charge in [0.05, 0.1) is 23.1 Å². The minimum absolute atomic E-state index is 0.0479. The van der Waals surface area contributed by atoms with Gasteiger partial charge < -0.3 is 14.5 Å². The second-order valence-corrected chi connectivity index (χ2v) is 9.08. The highest BCUT2D eigenvalue weighted by Gasteiger charge is 2.18. The zero-order valence-corrected chi connectivity index (χ0v) is 18.9. The van der Waals surface area contributed by atoms with E-state index >= 15 is 0 Å². The van der Waals surface area contributed by atoms with Gasteiger partial charge in [-0.1, -0.05) is 11.6 Å². The van der Waals surface area contributed by atoms with Crippen molar-refractivity contribution in [3.05, 3.63) is 82.3 Å². The number of methoxy groups -OCH3 is 1. The Morgan fingerprint density at radius 2 is 1.70 bits per heavy atom. The SMILES string of the molecule is COc1ccc(C)cc1C(=O)Nc1ccc(NS(=O)(=O)c2ccc3c(c2)oc(=O)n3C)cc1. The van der Waals surface area contributed by atoms with Gasteiger partial charge in [-0.05, 0) is 55.5 Å². The van der Waals surface area contributed by atoms with Crippen molar-refractivity contribution in [2.45, 2.75) is 11.8 Å². The maximum Gasteiger partial charge on any atom is 0.419 e. The van der Waals surface area contributed by atoms with E-state index in [0.29, 0.717) is 28.2 Å². The van der Waals surface area contributed by atoms with Crippen LogP contribution in [0.1, 0.15) is 15.9 Å². The number of carbonyl (C=O) groups is 1. The predicted octanol–water partition coefficient (Wildman–Crippen LogP) is 3.50. The quantitative estimate of drug-likeness (QED) is 0.448. The van der Waals surface area contributed by atoms with Gasteiger partial charge in [0, 0.05) is 24.5 Å². The van der Waals surface area contributed by atoms with Crippen molar-refractivity contribution in [1.82, 2.24) is 4.57 Å². The molecule has 0 aliphatic heterocycles. The summed E-state index contributed by atoms with van der Waals surface area (Å²) in [5.41, 5.74) is 2.76. The Hall–Kier alpha value is -4.05. The Labute approximate surface area is 189 Å². The number of carbonyl (C=O) groups excluding carboxylic acids is 1. The van der Waals surface area contributed by atoms with Gasteiger partial charge in [0.15, 0.2) is 5.58 Å². The maximum atomic E-state index is 12.8. The monoisotopic (exact) mass is 467 g/mol. The Morgan fingerprint density at radius 3 is 2.39 bits per heavy atom. The van der Waals surface area contributed by atoms with E-state index < -0.39 is 15.8 Å². The number of aromatic nitrogens is 1. The number of fused-ring (bicyclic) bond motifs is 1. The van der Waals surface area contributed by atoms with Crippen molar-refractivity contribution in [3.8, 4) is 5.75 Å². The van der Waals surface area contributed by atoms with E-state index in [1.54, 1.807) is 24.3 Å². The Balaban J connectivity index is 1.51. The van der Waals surface area contributed by atoms with Crippen LogP contribution in [0.25, 0.3) is 11.1 Å². The number of aryl methyl sites for hydroxylation is 2. The molecule has 10 heteroatoms. The average Bonchev–Trinajstić information content (AvgIpc) is 3.07. The fraction of sp³-hybridized carbons (Fsp3) is 0.130. The molecule has 0 unspecified atom stereocenters. The molecule has 4 rings (SSSR count). The summed E-state index contributed by atoms with van der Waals surface area (Å²) < 4.78 is 39.6. The van der Waals surface area contributed by atoms with Gasteiger partial charge in [0.25, 0.3) is 15.9 Å². The Morgan fingerprint density at radius 1 is 1.00 bits per heavy atom. The number of ether oxygens (including phenoxy) is 1. The molecule has 33 heavy (non-hydrogen) atoms.